The van der Waals surface area contributed by atoms with Gasteiger partial charge in [0.2, 0.25) is 5.91 Å². The van der Waals surface area contributed by atoms with Gasteiger partial charge in [0, 0.05) is 22.5 Å². The van der Waals surface area contributed by atoms with Crippen LogP contribution >= 0.6 is 27.7 Å². The van der Waals surface area contributed by atoms with E-state index in [1.165, 1.54) is 17.3 Å². The number of hydrogen-bond donors (Lipinski definition) is 1. The van der Waals surface area contributed by atoms with Gasteiger partial charge in [0.1, 0.15) is 6.54 Å². The largest absolute Gasteiger partial charge is 0.355 e. The van der Waals surface area contributed by atoms with E-state index in [4.69, 9.17) is 0 Å². The second-order valence-corrected chi connectivity index (χ2v) is 10.5. The maximum absolute atomic E-state index is 13.3. The van der Waals surface area contributed by atoms with Gasteiger partial charge >= 0.3 is 0 Å². The summed E-state index contributed by atoms with van der Waals surface area (Å²) in [5, 5.41) is 2.98. The van der Waals surface area contributed by atoms with Gasteiger partial charge in [-0.25, -0.2) is 0 Å². The zero-order valence-corrected chi connectivity index (χ0v) is 22.0. The summed E-state index contributed by atoms with van der Waals surface area (Å²) < 4.78 is 0.950. The third-order valence-electron chi connectivity index (χ3n) is 5.61. The molecule has 0 unspecified atom stereocenters. The van der Waals surface area contributed by atoms with E-state index in [2.05, 4.69) is 45.3 Å². The van der Waals surface area contributed by atoms with E-state index in [9.17, 15) is 9.59 Å². The lowest BCUT2D eigenvalue weighted by molar-refractivity contribution is -0.122. The number of thioether (sulfide) groups is 1. The smallest absolute Gasteiger partial charge is 0.265 e. The Balaban J connectivity index is 1.35. The molecule has 0 fully saturated rings. The highest BCUT2D eigenvalue weighted by Gasteiger charge is 2.30. The van der Waals surface area contributed by atoms with Gasteiger partial charge < -0.3 is 10.2 Å². The van der Waals surface area contributed by atoms with Gasteiger partial charge in [-0.15, -0.1) is 0 Å². The molecule has 7 heteroatoms. The third kappa shape index (κ3) is 7.07. The number of halogens is 1. The lowest BCUT2D eigenvalue weighted by Crippen LogP contribution is -2.43. The monoisotopic (exact) mass is 549 g/mol. The fraction of sp³-hybridized carbons (Fsp3) is 0.214. The van der Waals surface area contributed by atoms with Gasteiger partial charge in [0.15, 0.2) is 0 Å². The molecule has 1 heterocycles. The Bertz CT molecular complexity index is 1220. The Morgan fingerprint density at radius 2 is 1.83 bits per heavy atom. The maximum atomic E-state index is 13.3. The number of para-hydroxylation sites is 1. The van der Waals surface area contributed by atoms with E-state index >= 15 is 0 Å². The lowest BCUT2D eigenvalue weighted by Gasteiger charge is -2.29. The summed E-state index contributed by atoms with van der Waals surface area (Å²) in [6.07, 6.45) is 2.71. The van der Waals surface area contributed by atoms with Crippen molar-refractivity contribution >= 4 is 51.3 Å². The van der Waals surface area contributed by atoms with Crippen molar-refractivity contribution in [2.24, 2.45) is 0 Å². The van der Waals surface area contributed by atoms with E-state index in [0.717, 1.165) is 40.1 Å². The van der Waals surface area contributed by atoms with E-state index in [-0.39, 0.29) is 18.4 Å². The van der Waals surface area contributed by atoms with Crippen LogP contribution in [0.2, 0.25) is 0 Å². The molecular formula is C28H28BrN3O2S. The molecule has 0 radical (unpaired) electrons. The summed E-state index contributed by atoms with van der Waals surface area (Å²) in [6, 6.07) is 25.8. The molecule has 1 N–H and O–H groups in total. The summed E-state index contributed by atoms with van der Waals surface area (Å²) in [5.74, 6) is -0.320. The van der Waals surface area contributed by atoms with Gasteiger partial charge in [-0.2, -0.15) is 0 Å². The number of benzene rings is 3. The first-order valence-electron chi connectivity index (χ1n) is 11.5. The molecule has 0 saturated heterocycles. The zero-order chi connectivity index (χ0) is 24.6. The second kappa shape index (κ2) is 12.2. The first-order valence-corrected chi connectivity index (χ1v) is 13.2. The minimum Gasteiger partial charge on any atom is -0.355 e. The zero-order valence-electron chi connectivity index (χ0n) is 19.6. The van der Waals surface area contributed by atoms with Crippen LogP contribution in [0.25, 0.3) is 6.08 Å². The molecule has 35 heavy (non-hydrogen) atoms. The quantitative estimate of drug-likeness (QED) is 0.280. The van der Waals surface area contributed by atoms with E-state index in [1.807, 2.05) is 72.8 Å². The Labute approximate surface area is 219 Å². The average Bonchev–Trinajstić information content (AvgIpc) is 2.85. The van der Waals surface area contributed by atoms with Crippen molar-refractivity contribution in [1.82, 2.24) is 10.2 Å². The van der Waals surface area contributed by atoms with Crippen molar-refractivity contribution in [3.05, 3.63) is 99.4 Å². The van der Waals surface area contributed by atoms with Gasteiger partial charge in [-0.05, 0) is 61.5 Å². The van der Waals surface area contributed by atoms with Crippen LogP contribution in [0.4, 0.5) is 5.69 Å². The summed E-state index contributed by atoms with van der Waals surface area (Å²) >= 11 is 4.92. The van der Waals surface area contributed by atoms with Gasteiger partial charge in [0.25, 0.3) is 5.91 Å². The Hall–Kier alpha value is -2.87. The summed E-state index contributed by atoms with van der Waals surface area (Å²) in [7, 11) is 2.08. The number of fused-ring (bicyclic) bond motifs is 1. The fourth-order valence-corrected chi connectivity index (χ4v) is 5.39. The topological polar surface area (TPSA) is 52.7 Å². The Kier molecular flexibility index (Phi) is 8.79. The van der Waals surface area contributed by atoms with Gasteiger partial charge in [-0.1, -0.05) is 82.3 Å². The molecule has 3 aromatic rings. The van der Waals surface area contributed by atoms with E-state index < -0.39 is 0 Å². The van der Waals surface area contributed by atoms with Crippen LogP contribution in [0, 0.1) is 0 Å². The summed E-state index contributed by atoms with van der Waals surface area (Å²) in [4.78, 5) is 31.5. The van der Waals surface area contributed by atoms with E-state index in [1.54, 1.807) is 4.90 Å². The minimum absolute atomic E-state index is 0.00785. The average molecular weight is 551 g/mol. The van der Waals surface area contributed by atoms with Crippen molar-refractivity contribution in [1.29, 1.82) is 0 Å². The van der Waals surface area contributed by atoms with Crippen molar-refractivity contribution < 1.29 is 9.59 Å². The van der Waals surface area contributed by atoms with E-state index in [0.29, 0.717) is 11.4 Å². The van der Waals surface area contributed by atoms with Crippen molar-refractivity contribution in [2.45, 2.75) is 17.9 Å². The normalized spacial score (nSPS) is 14.3. The third-order valence-corrected chi connectivity index (χ3v) is 7.18. The molecule has 180 valence electrons. The van der Waals surface area contributed by atoms with Gasteiger partial charge in [0.05, 0.1) is 10.6 Å². The van der Waals surface area contributed by atoms with Crippen molar-refractivity contribution in [2.75, 3.05) is 31.6 Å². The molecule has 0 spiro atoms. The number of hydrogen-bond acceptors (Lipinski definition) is 4. The molecule has 0 aromatic heterocycles. The Morgan fingerprint density at radius 1 is 1.06 bits per heavy atom. The van der Waals surface area contributed by atoms with Crippen LogP contribution in [0.15, 0.2) is 93.1 Å². The number of amides is 2. The molecule has 1 aliphatic heterocycles. The number of rotatable bonds is 9. The minimum atomic E-state index is -0.161. The second-order valence-electron chi connectivity index (χ2n) is 8.45. The molecular weight excluding hydrogens is 522 g/mol. The molecule has 1 aliphatic rings. The van der Waals surface area contributed by atoms with Gasteiger partial charge in [-0.3, -0.25) is 14.5 Å². The molecule has 3 aromatic carbocycles. The van der Waals surface area contributed by atoms with Crippen LogP contribution < -0.4 is 10.2 Å². The molecule has 2 amide bonds. The number of nitrogens with zero attached hydrogens (tertiary/aromatic N) is 2. The molecule has 4 rings (SSSR count). The number of anilines is 1. The molecule has 0 aliphatic carbocycles. The maximum Gasteiger partial charge on any atom is 0.265 e. The molecule has 0 atom stereocenters. The van der Waals surface area contributed by atoms with Crippen LogP contribution in [-0.2, 0) is 16.1 Å². The molecule has 5 nitrogen and oxygen atoms in total. The highest BCUT2D eigenvalue weighted by Crippen LogP contribution is 2.42. The lowest BCUT2D eigenvalue weighted by atomic mass is 10.2. The van der Waals surface area contributed by atoms with Crippen LogP contribution in [-0.4, -0.2) is 43.4 Å². The van der Waals surface area contributed by atoms with Crippen molar-refractivity contribution in [3.8, 4) is 0 Å². The Morgan fingerprint density at radius 3 is 2.63 bits per heavy atom. The van der Waals surface area contributed by atoms with Crippen molar-refractivity contribution in [3.63, 3.8) is 0 Å². The standard InChI is InChI=1S/C28H28BrN3O2S/c1-31(19-21-9-3-2-4-10-21)16-8-15-30-27(33)20-32-24-13-5-6-14-25(24)35-26(28(32)34)18-22-11-7-12-23(29)17-22/h2-7,9-14,17-18H,8,15-16,19-20H2,1H3,(H,30,33). The predicted molar refractivity (Wildman–Crippen MR) is 147 cm³/mol. The van der Waals surface area contributed by atoms with Crippen LogP contribution in [0.5, 0.6) is 0 Å². The highest BCUT2D eigenvalue weighted by molar-refractivity contribution is 9.10. The number of nitrogens with one attached hydrogen (secondary N) is 1. The number of carbonyl (C=O) groups is 2. The SMILES string of the molecule is CN(CCCNC(=O)CN1C(=O)C(=Cc2cccc(Br)c2)Sc2ccccc21)Cc1ccccc1. The fourth-order valence-electron chi connectivity index (χ4n) is 3.92. The molecule has 0 saturated carbocycles. The highest BCUT2D eigenvalue weighted by atomic mass is 79.9. The first kappa shape index (κ1) is 25.2. The first-order chi connectivity index (χ1) is 17.0. The number of carbonyl (C=O) groups excluding carboxylic acids is 2. The summed E-state index contributed by atoms with van der Waals surface area (Å²) in [6.45, 7) is 2.30. The predicted octanol–water partition coefficient (Wildman–Crippen LogP) is 5.57. The van der Waals surface area contributed by atoms with Crippen LogP contribution in [0.3, 0.4) is 0 Å². The molecule has 0 bridgehead atoms. The summed E-state index contributed by atoms with van der Waals surface area (Å²) in [5.41, 5.74) is 2.97. The van der Waals surface area contributed by atoms with Crippen LogP contribution in [0.1, 0.15) is 17.5 Å².